The van der Waals surface area contributed by atoms with Gasteiger partial charge in [-0.1, -0.05) is 32.9 Å². The highest BCUT2D eigenvalue weighted by molar-refractivity contribution is 6.10. The molecule has 0 saturated carbocycles. The third kappa shape index (κ3) is 4.62. The molecular formula is C14H17NO4. The van der Waals surface area contributed by atoms with E-state index in [0.29, 0.717) is 0 Å². The Hall–Kier alpha value is -2.04. The normalized spacial score (nSPS) is 11.1. The maximum atomic E-state index is 11.9. The fourth-order valence-corrected chi connectivity index (χ4v) is 1.80. The summed E-state index contributed by atoms with van der Waals surface area (Å²) < 4.78 is 0. The molecule has 0 spiro atoms. The lowest BCUT2D eigenvalue weighted by molar-refractivity contribution is -0.385. The molecule has 1 rings (SSSR count). The van der Waals surface area contributed by atoms with Crippen molar-refractivity contribution in [1.29, 1.82) is 0 Å². The Balaban J connectivity index is 2.85. The van der Waals surface area contributed by atoms with Gasteiger partial charge in [0.15, 0.2) is 5.78 Å². The Morgan fingerprint density at radius 2 is 1.79 bits per heavy atom. The smallest absolute Gasteiger partial charge is 0.280 e. The van der Waals surface area contributed by atoms with Crippen molar-refractivity contribution in [2.75, 3.05) is 0 Å². The minimum Gasteiger partial charge on any atom is -0.299 e. The van der Waals surface area contributed by atoms with Crippen molar-refractivity contribution in [2.45, 2.75) is 33.6 Å². The second-order valence-corrected chi connectivity index (χ2v) is 5.65. The number of nitrogens with zero attached hydrogens (tertiary/aromatic N) is 1. The molecule has 0 radical (unpaired) electrons. The minimum absolute atomic E-state index is 0.00485. The van der Waals surface area contributed by atoms with E-state index in [1.807, 2.05) is 20.8 Å². The van der Waals surface area contributed by atoms with Gasteiger partial charge in [-0.25, -0.2) is 0 Å². The van der Waals surface area contributed by atoms with Crippen LogP contribution in [0.25, 0.3) is 0 Å². The van der Waals surface area contributed by atoms with Crippen LogP contribution in [0.5, 0.6) is 0 Å². The molecule has 1 aromatic carbocycles. The topological polar surface area (TPSA) is 77.3 Å². The van der Waals surface area contributed by atoms with E-state index in [1.54, 1.807) is 6.07 Å². The molecule has 0 amide bonds. The highest BCUT2D eigenvalue weighted by atomic mass is 16.6. The van der Waals surface area contributed by atoms with Crippen LogP contribution in [0.4, 0.5) is 5.69 Å². The molecule has 0 saturated heterocycles. The molecule has 1 aromatic rings. The van der Waals surface area contributed by atoms with Crippen molar-refractivity contribution in [3.63, 3.8) is 0 Å². The summed E-state index contributed by atoms with van der Waals surface area (Å²) in [4.78, 5) is 33.9. The van der Waals surface area contributed by atoms with Crippen molar-refractivity contribution in [3.05, 3.63) is 39.9 Å². The molecule has 0 aliphatic carbocycles. The second-order valence-electron chi connectivity index (χ2n) is 5.65. The van der Waals surface area contributed by atoms with E-state index in [1.165, 1.54) is 18.2 Å². The lowest BCUT2D eigenvalue weighted by atomic mass is 9.88. The zero-order chi connectivity index (χ0) is 14.6. The lowest BCUT2D eigenvalue weighted by Gasteiger charge is -2.16. The molecule has 0 fully saturated rings. The highest BCUT2D eigenvalue weighted by Crippen LogP contribution is 2.23. The maximum absolute atomic E-state index is 11.9. The van der Waals surface area contributed by atoms with Crippen LogP contribution in [0.15, 0.2) is 24.3 Å². The molecule has 0 aromatic heterocycles. The van der Waals surface area contributed by atoms with Crippen molar-refractivity contribution < 1.29 is 14.5 Å². The summed E-state index contributed by atoms with van der Waals surface area (Å²) in [5.41, 5.74) is -0.453. The number of hydrogen-bond donors (Lipinski definition) is 0. The largest absolute Gasteiger partial charge is 0.299 e. The van der Waals surface area contributed by atoms with Gasteiger partial charge >= 0.3 is 0 Å². The summed E-state index contributed by atoms with van der Waals surface area (Å²) in [6.45, 7) is 5.71. The van der Waals surface area contributed by atoms with Crippen LogP contribution >= 0.6 is 0 Å². The molecule has 5 nitrogen and oxygen atoms in total. The maximum Gasteiger partial charge on any atom is 0.280 e. The van der Waals surface area contributed by atoms with Gasteiger partial charge in [-0.3, -0.25) is 19.7 Å². The van der Waals surface area contributed by atoms with Gasteiger partial charge < -0.3 is 0 Å². The average molecular weight is 263 g/mol. The van der Waals surface area contributed by atoms with Gasteiger partial charge in [-0.15, -0.1) is 0 Å². The summed E-state index contributed by atoms with van der Waals surface area (Å²) in [6.07, 6.45) is -0.0124. The number of ketones is 2. The first-order valence-corrected chi connectivity index (χ1v) is 5.99. The van der Waals surface area contributed by atoms with Gasteiger partial charge in [0.25, 0.3) is 5.69 Å². The van der Waals surface area contributed by atoms with Crippen LogP contribution in [-0.4, -0.2) is 16.5 Å². The molecule has 19 heavy (non-hydrogen) atoms. The number of nitro groups is 1. The molecule has 0 heterocycles. The monoisotopic (exact) mass is 263 g/mol. The SMILES string of the molecule is CC(C)(C)CC(=O)CC(=O)c1ccccc1[N+](=O)[O-]. The summed E-state index contributed by atoms with van der Waals surface area (Å²) in [5.74, 6) is -0.697. The van der Waals surface area contributed by atoms with Crippen molar-refractivity contribution >= 4 is 17.3 Å². The third-order valence-corrected chi connectivity index (χ3v) is 2.49. The first-order chi connectivity index (χ1) is 8.70. The number of carbonyl (C=O) groups excluding carboxylic acids is 2. The number of para-hydroxylation sites is 1. The number of benzene rings is 1. The molecule has 0 aliphatic heterocycles. The second kappa shape index (κ2) is 5.73. The van der Waals surface area contributed by atoms with Gasteiger partial charge in [0.05, 0.1) is 16.9 Å². The van der Waals surface area contributed by atoms with E-state index in [-0.39, 0.29) is 35.3 Å². The Labute approximate surface area is 111 Å². The summed E-state index contributed by atoms with van der Waals surface area (Å²) in [7, 11) is 0. The first kappa shape index (κ1) is 15.0. The van der Waals surface area contributed by atoms with E-state index in [4.69, 9.17) is 0 Å². The molecule has 0 atom stereocenters. The zero-order valence-electron chi connectivity index (χ0n) is 11.3. The highest BCUT2D eigenvalue weighted by Gasteiger charge is 2.23. The van der Waals surface area contributed by atoms with Gasteiger partial charge in [0.1, 0.15) is 5.78 Å². The summed E-state index contributed by atoms with van der Waals surface area (Å²) in [5, 5.41) is 10.8. The van der Waals surface area contributed by atoms with Crippen LogP contribution in [0.2, 0.25) is 0 Å². The van der Waals surface area contributed by atoms with Gasteiger partial charge in [-0.2, -0.15) is 0 Å². The first-order valence-electron chi connectivity index (χ1n) is 5.99. The predicted molar refractivity (Wildman–Crippen MR) is 71.1 cm³/mol. The minimum atomic E-state index is -0.610. The number of rotatable bonds is 5. The van der Waals surface area contributed by atoms with Crippen molar-refractivity contribution in [2.24, 2.45) is 5.41 Å². The van der Waals surface area contributed by atoms with Crippen LogP contribution < -0.4 is 0 Å². The fourth-order valence-electron chi connectivity index (χ4n) is 1.80. The fraction of sp³-hybridized carbons (Fsp3) is 0.429. The van der Waals surface area contributed by atoms with Crippen LogP contribution in [0, 0.1) is 15.5 Å². The van der Waals surface area contributed by atoms with Crippen molar-refractivity contribution in [1.82, 2.24) is 0 Å². The Bertz CT molecular complexity index is 514. The van der Waals surface area contributed by atoms with Crippen LogP contribution in [0.3, 0.4) is 0 Å². The molecular weight excluding hydrogens is 246 g/mol. The molecule has 0 N–H and O–H groups in total. The lowest BCUT2D eigenvalue weighted by Crippen LogP contribution is -2.16. The number of nitro benzene ring substituents is 1. The van der Waals surface area contributed by atoms with Gasteiger partial charge in [0.2, 0.25) is 0 Å². The van der Waals surface area contributed by atoms with Crippen LogP contribution in [-0.2, 0) is 4.79 Å². The molecule has 0 aliphatic rings. The Morgan fingerprint density at radius 3 is 2.32 bits per heavy atom. The summed E-state index contributed by atoms with van der Waals surface area (Å²) in [6, 6.07) is 5.69. The number of hydrogen-bond acceptors (Lipinski definition) is 4. The average Bonchev–Trinajstić information content (AvgIpc) is 2.26. The number of Topliss-reactive ketones (excluding diaryl/α,β-unsaturated/α-hetero) is 2. The zero-order valence-corrected chi connectivity index (χ0v) is 11.3. The van der Waals surface area contributed by atoms with Gasteiger partial charge in [-0.05, 0) is 11.5 Å². The Kier molecular flexibility index (Phi) is 4.53. The predicted octanol–water partition coefficient (Wildman–Crippen LogP) is 3.17. The van der Waals surface area contributed by atoms with E-state index in [2.05, 4.69) is 0 Å². The molecule has 5 heteroatoms. The van der Waals surface area contributed by atoms with Gasteiger partial charge in [0, 0.05) is 12.5 Å². The Morgan fingerprint density at radius 1 is 1.21 bits per heavy atom. The molecule has 102 valence electrons. The van der Waals surface area contributed by atoms with E-state index >= 15 is 0 Å². The standard InChI is InChI=1S/C14H17NO4/c1-14(2,3)9-10(16)8-13(17)11-6-4-5-7-12(11)15(18)19/h4-7H,8-9H2,1-3H3. The third-order valence-electron chi connectivity index (χ3n) is 2.49. The molecule has 0 bridgehead atoms. The van der Waals surface area contributed by atoms with Crippen molar-refractivity contribution in [3.8, 4) is 0 Å². The van der Waals surface area contributed by atoms with E-state index in [9.17, 15) is 19.7 Å². The number of carbonyl (C=O) groups is 2. The van der Waals surface area contributed by atoms with E-state index < -0.39 is 10.7 Å². The van der Waals surface area contributed by atoms with Crippen LogP contribution in [0.1, 0.15) is 44.0 Å². The van der Waals surface area contributed by atoms with E-state index in [0.717, 1.165) is 0 Å². The quantitative estimate of drug-likeness (QED) is 0.354. The molecule has 0 unspecified atom stereocenters. The summed E-state index contributed by atoms with van der Waals surface area (Å²) >= 11 is 0.